The number of nitrogens with two attached hydrogens (primary N) is 1. The summed E-state index contributed by atoms with van der Waals surface area (Å²) in [4.78, 5) is 22.2. The van der Waals surface area contributed by atoms with Crippen LogP contribution in [-0.2, 0) is 14.3 Å². The van der Waals surface area contributed by atoms with Crippen molar-refractivity contribution < 1.29 is 14.3 Å². The lowest BCUT2D eigenvalue weighted by Crippen LogP contribution is -2.21. The Labute approximate surface area is 167 Å². The fraction of sp³-hybridized carbons (Fsp3) is 0.909. The number of unbranched alkanes of at least 4 members (excludes halogenated alkanes) is 14. The maximum absolute atomic E-state index is 11.3. The first kappa shape index (κ1) is 25.9. The predicted molar refractivity (Wildman–Crippen MR) is 113 cm³/mol. The second kappa shape index (κ2) is 21.2. The maximum Gasteiger partial charge on any atom is 0.319 e. The summed E-state index contributed by atoms with van der Waals surface area (Å²) >= 11 is 0. The molecule has 3 N–H and O–H groups in total. The molecule has 0 aromatic carbocycles. The lowest BCUT2D eigenvalue weighted by Gasteiger charge is -2.04. The van der Waals surface area contributed by atoms with Crippen LogP contribution in [0.2, 0.25) is 0 Å². The smallest absolute Gasteiger partial charge is 0.319 e. The van der Waals surface area contributed by atoms with E-state index in [0.29, 0.717) is 13.0 Å². The second-order valence-electron chi connectivity index (χ2n) is 7.43. The molecule has 0 spiro atoms. The average Bonchev–Trinajstić information content (AvgIpc) is 2.67. The number of amides is 1. The predicted octanol–water partition coefficient (Wildman–Crippen LogP) is 4.87. The molecule has 0 rings (SSSR count). The summed E-state index contributed by atoms with van der Waals surface area (Å²) < 4.78 is 4.95. The van der Waals surface area contributed by atoms with Crippen molar-refractivity contribution in [1.29, 1.82) is 0 Å². The van der Waals surface area contributed by atoms with Crippen LogP contribution in [0.25, 0.3) is 0 Å². The Morgan fingerprint density at radius 3 is 1.52 bits per heavy atom. The van der Waals surface area contributed by atoms with Gasteiger partial charge in [-0.2, -0.15) is 0 Å². The third-order valence-corrected chi connectivity index (χ3v) is 4.85. The normalized spacial score (nSPS) is 10.7. The molecule has 0 atom stereocenters. The third kappa shape index (κ3) is 21.1. The van der Waals surface area contributed by atoms with Gasteiger partial charge in [-0.15, -0.1) is 0 Å². The van der Waals surface area contributed by atoms with E-state index >= 15 is 0 Å². The molecule has 0 aliphatic carbocycles. The summed E-state index contributed by atoms with van der Waals surface area (Å²) in [5, 5.41) is 2.85. The van der Waals surface area contributed by atoms with E-state index in [-0.39, 0.29) is 18.4 Å². The number of carbonyl (C=O) groups is 2. The van der Waals surface area contributed by atoms with Crippen LogP contribution in [0, 0.1) is 0 Å². The third-order valence-electron chi connectivity index (χ3n) is 4.85. The molecule has 0 aliphatic rings. The summed E-state index contributed by atoms with van der Waals surface area (Å²) in [6, 6.07) is 0. The molecule has 1 amide bonds. The fourth-order valence-corrected chi connectivity index (χ4v) is 3.22. The number of ether oxygens (including phenoxy) is 1. The lowest BCUT2D eigenvalue weighted by atomic mass is 10.0. The molecule has 0 saturated carbocycles. The highest BCUT2D eigenvalue weighted by molar-refractivity contribution is 5.75. The van der Waals surface area contributed by atoms with Gasteiger partial charge in [0.05, 0.1) is 13.2 Å². The van der Waals surface area contributed by atoms with Crippen LogP contribution in [0.4, 0.5) is 0 Å². The SMILES string of the molecule is CCNC(=O)CCCCCCCCCCCCCCCCCOC(=O)CN. The monoisotopic (exact) mass is 384 g/mol. The molecule has 0 bridgehead atoms. The molecule has 5 heteroatoms. The van der Waals surface area contributed by atoms with Gasteiger partial charge in [0.25, 0.3) is 0 Å². The van der Waals surface area contributed by atoms with Crippen molar-refractivity contribution in [3.8, 4) is 0 Å². The Morgan fingerprint density at radius 2 is 1.11 bits per heavy atom. The van der Waals surface area contributed by atoms with Crippen molar-refractivity contribution in [2.45, 2.75) is 110 Å². The van der Waals surface area contributed by atoms with Gasteiger partial charge in [-0.25, -0.2) is 0 Å². The molecule has 0 radical (unpaired) electrons. The van der Waals surface area contributed by atoms with Gasteiger partial charge in [0.15, 0.2) is 0 Å². The Bertz CT molecular complexity index is 348. The first-order valence-corrected chi connectivity index (χ1v) is 11.3. The lowest BCUT2D eigenvalue weighted by molar-refractivity contribution is -0.142. The Morgan fingerprint density at radius 1 is 0.704 bits per heavy atom. The molecular weight excluding hydrogens is 340 g/mol. The van der Waals surface area contributed by atoms with E-state index < -0.39 is 0 Å². The number of hydrogen-bond donors (Lipinski definition) is 2. The average molecular weight is 385 g/mol. The van der Waals surface area contributed by atoms with Crippen LogP contribution in [0.3, 0.4) is 0 Å². The van der Waals surface area contributed by atoms with Gasteiger partial charge >= 0.3 is 5.97 Å². The van der Waals surface area contributed by atoms with E-state index in [9.17, 15) is 9.59 Å². The minimum atomic E-state index is -0.300. The molecule has 5 nitrogen and oxygen atoms in total. The molecule has 0 aromatic rings. The molecule has 0 aliphatic heterocycles. The molecule has 0 saturated heterocycles. The zero-order chi connectivity index (χ0) is 20.0. The second-order valence-corrected chi connectivity index (χ2v) is 7.43. The summed E-state index contributed by atoms with van der Waals surface area (Å²) in [6.07, 6.45) is 19.6. The largest absolute Gasteiger partial charge is 0.465 e. The van der Waals surface area contributed by atoms with Crippen LogP contribution in [0.1, 0.15) is 110 Å². The van der Waals surface area contributed by atoms with E-state index in [2.05, 4.69) is 5.32 Å². The van der Waals surface area contributed by atoms with Gasteiger partial charge < -0.3 is 15.8 Å². The van der Waals surface area contributed by atoms with E-state index in [1.54, 1.807) is 0 Å². The number of nitrogens with one attached hydrogen (secondary N) is 1. The number of esters is 1. The van der Waals surface area contributed by atoms with Crippen molar-refractivity contribution >= 4 is 11.9 Å². The summed E-state index contributed by atoms with van der Waals surface area (Å²) in [5.74, 6) is -0.100. The Kier molecular flexibility index (Phi) is 20.3. The maximum atomic E-state index is 11.3. The highest BCUT2D eigenvalue weighted by Crippen LogP contribution is 2.13. The van der Waals surface area contributed by atoms with Crippen molar-refractivity contribution in [2.75, 3.05) is 19.7 Å². The fourth-order valence-electron chi connectivity index (χ4n) is 3.22. The molecule has 0 unspecified atom stereocenters. The van der Waals surface area contributed by atoms with E-state index in [0.717, 1.165) is 25.8 Å². The molecule has 160 valence electrons. The first-order valence-electron chi connectivity index (χ1n) is 11.3. The molecular formula is C22H44N2O3. The summed E-state index contributed by atoms with van der Waals surface area (Å²) in [6.45, 7) is 3.21. The molecule has 27 heavy (non-hydrogen) atoms. The van der Waals surface area contributed by atoms with Crippen LogP contribution in [-0.4, -0.2) is 31.6 Å². The topological polar surface area (TPSA) is 81.4 Å². The summed E-state index contributed by atoms with van der Waals surface area (Å²) in [7, 11) is 0. The minimum Gasteiger partial charge on any atom is -0.465 e. The highest BCUT2D eigenvalue weighted by atomic mass is 16.5. The Balaban J connectivity index is 3.07. The van der Waals surface area contributed by atoms with E-state index in [1.165, 1.54) is 77.0 Å². The summed E-state index contributed by atoms with van der Waals surface area (Å²) in [5.41, 5.74) is 5.17. The van der Waals surface area contributed by atoms with Gasteiger partial charge in [-0.1, -0.05) is 83.5 Å². The van der Waals surface area contributed by atoms with Gasteiger partial charge in [-0.3, -0.25) is 9.59 Å². The van der Waals surface area contributed by atoms with Crippen molar-refractivity contribution in [1.82, 2.24) is 5.32 Å². The molecule has 0 aromatic heterocycles. The van der Waals surface area contributed by atoms with Crippen LogP contribution in [0.15, 0.2) is 0 Å². The zero-order valence-corrected chi connectivity index (χ0v) is 17.7. The van der Waals surface area contributed by atoms with Gasteiger partial charge in [0.2, 0.25) is 5.91 Å². The van der Waals surface area contributed by atoms with Crippen molar-refractivity contribution in [3.05, 3.63) is 0 Å². The Hall–Kier alpha value is -1.10. The van der Waals surface area contributed by atoms with Crippen LogP contribution >= 0.6 is 0 Å². The van der Waals surface area contributed by atoms with Crippen LogP contribution < -0.4 is 11.1 Å². The number of carbonyl (C=O) groups excluding carboxylic acids is 2. The first-order chi connectivity index (χ1) is 13.2. The van der Waals surface area contributed by atoms with Crippen molar-refractivity contribution in [2.24, 2.45) is 5.73 Å². The van der Waals surface area contributed by atoms with Crippen molar-refractivity contribution in [3.63, 3.8) is 0 Å². The molecule has 0 fully saturated rings. The highest BCUT2D eigenvalue weighted by Gasteiger charge is 1.99. The van der Waals surface area contributed by atoms with E-state index in [4.69, 9.17) is 10.5 Å². The van der Waals surface area contributed by atoms with Gasteiger partial charge in [-0.05, 0) is 19.8 Å². The zero-order valence-electron chi connectivity index (χ0n) is 17.7. The number of rotatable bonds is 20. The van der Waals surface area contributed by atoms with Crippen LogP contribution in [0.5, 0.6) is 0 Å². The number of hydrogen-bond acceptors (Lipinski definition) is 4. The van der Waals surface area contributed by atoms with Gasteiger partial charge in [0, 0.05) is 13.0 Å². The minimum absolute atomic E-state index is 0.0147. The quantitative estimate of drug-likeness (QED) is 0.232. The van der Waals surface area contributed by atoms with Gasteiger partial charge in [0.1, 0.15) is 0 Å². The molecule has 0 heterocycles. The van der Waals surface area contributed by atoms with E-state index in [1.807, 2.05) is 6.92 Å². The standard InChI is InChI=1S/C22H44N2O3/c1-2-24-21(25)18-16-14-12-10-8-6-4-3-5-7-9-11-13-15-17-19-27-22(26)20-23/h2-20,23H2,1H3,(H,24,25).